The van der Waals surface area contributed by atoms with Gasteiger partial charge in [-0.25, -0.2) is 8.42 Å². The molecule has 0 bridgehead atoms. The number of aryl methyl sites for hydroxylation is 1. The van der Waals surface area contributed by atoms with Gasteiger partial charge in [-0.2, -0.15) is 4.31 Å². The molecular formula is C13H21ClN2O3S. The summed E-state index contributed by atoms with van der Waals surface area (Å²) in [6, 6.07) is 2.78. The lowest BCUT2D eigenvalue weighted by molar-refractivity contribution is 0.171. The number of hydrogen-bond acceptors (Lipinski definition) is 4. The zero-order valence-corrected chi connectivity index (χ0v) is 13.8. The molecule has 0 saturated heterocycles. The molecular weight excluding hydrogens is 300 g/mol. The maximum atomic E-state index is 12.7. The van der Waals surface area contributed by atoms with E-state index in [9.17, 15) is 8.42 Å². The molecule has 114 valence electrons. The Labute approximate surface area is 125 Å². The normalized spacial score (nSPS) is 12.3. The Morgan fingerprint density at radius 2 is 2.00 bits per heavy atom. The fourth-order valence-electron chi connectivity index (χ4n) is 1.83. The smallest absolute Gasteiger partial charge is 0.244 e. The number of nitrogen functional groups attached to an aromatic ring is 1. The van der Waals surface area contributed by atoms with Crippen LogP contribution in [0, 0.1) is 6.92 Å². The lowest BCUT2D eigenvalue weighted by Gasteiger charge is -2.26. The molecule has 0 fully saturated rings. The van der Waals surface area contributed by atoms with E-state index < -0.39 is 10.0 Å². The lowest BCUT2D eigenvalue weighted by Crippen LogP contribution is -2.39. The molecule has 0 saturated carbocycles. The quantitative estimate of drug-likeness (QED) is 0.816. The Bertz CT molecular complexity index is 573. The molecule has 0 spiro atoms. The molecule has 0 atom stereocenters. The van der Waals surface area contributed by atoms with Crippen LogP contribution in [0.2, 0.25) is 5.02 Å². The second-order valence-electron chi connectivity index (χ2n) is 4.84. The van der Waals surface area contributed by atoms with Crippen molar-refractivity contribution in [3.63, 3.8) is 0 Å². The van der Waals surface area contributed by atoms with Gasteiger partial charge in [0.05, 0.1) is 11.6 Å². The predicted octanol–water partition coefficient (Wildman–Crippen LogP) is 2.28. The molecule has 1 aromatic carbocycles. The fourth-order valence-corrected chi connectivity index (χ4v) is 4.04. The Balaban J connectivity index is 3.29. The summed E-state index contributed by atoms with van der Waals surface area (Å²) in [6.45, 7) is 5.97. The summed E-state index contributed by atoms with van der Waals surface area (Å²) in [5.41, 5.74) is 6.95. The van der Waals surface area contributed by atoms with Crippen molar-refractivity contribution >= 4 is 27.3 Å². The van der Waals surface area contributed by atoms with E-state index in [1.165, 1.54) is 17.5 Å². The van der Waals surface area contributed by atoms with Gasteiger partial charge in [0.2, 0.25) is 10.0 Å². The second-order valence-corrected chi connectivity index (χ2v) is 7.11. The third-order valence-electron chi connectivity index (χ3n) is 3.00. The zero-order valence-electron chi connectivity index (χ0n) is 12.2. The van der Waals surface area contributed by atoms with Crippen molar-refractivity contribution in [2.45, 2.75) is 31.7 Å². The molecule has 0 aliphatic heterocycles. The maximum Gasteiger partial charge on any atom is 0.244 e. The molecule has 0 aromatic heterocycles. The monoisotopic (exact) mass is 320 g/mol. The highest BCUT2D eigenvalue weighted by Gasteiger charge is 2.29. The average molecular weight is 321 g/mol. The maximum absolute atomic E-state index is 12.7. The predicted molar refractivity (Wildman–Crippen MR) is 81.5 cm³/mol. The van der Waals surface area contributed by atoms with Gasteiger partial charge in [0, 0.05) is 25.4 Å². The SMILES string of the molecule is COCCN(C(C)C)S(=O)(=O)c1cc(N)c(C)cc1Cl. The highest BCUT2D eigenvalue weighted by molar-refractivity contribution is 7.89. The summed E-state index contributed by atoms with van der Waals surface area (Å²) in [4.78, 5) is 0.0343. The van der Waals surface area contributed by atoms with Crippen molar-refractivity contribution < 1.29 is 13.2 Å². The van der Waals surface area contributed by atoms with Crippen molar-refractivity contribution in [2.24, 2.45) is 0 Å². The average Bonchev–Trinajstić information content (AvgIpc) is 2.33. The summed E-state index contributed by atoms with van der Waals surface area (Å²) >= 11 is 6.08. The lowest BCUT2D eigenvalue weighted by atomic mass is 10.2. The van der Waals surface area contributed by atoms with Crippen LogP contribution in [0.1, 0.15) is 19.4 Å². The van der Waals surface area contributed by atoms with Crippen LogP contribution >= 0.6 is 11.6 Å². The number of hydrogen-bond donors (Lipinski definition) is 1. The van der Waals surface area contributed by atoms with E-state index in [4.69, 9.17) is 22.1 Å². The molecule has 0 heterocycles. The zero-order chi connectivity index (χ0) is 15.5. The first-order valence-electron chi connectivity index (χ1n) is 6.28. The van der Waals surface area contributed by atoms with Crippen LogP contribution in [0.4, 0.5) is 5.69 Å². The largest absolute Gasteiger partial charge is 0.398 e. The first kappa shape index (κ1) is 17.2. The summed E-state index contributed by atoms with van der Waals surface area (Å²) in [5, 5.41) is 0.180. The van der Waals surface area contributed by atoms with E-state index in [1.54, 1.807) is 26.8 Å². The van der Waals surface area contributed by atoms with Crippen molar-refractivity contribution in [1.82, 2.24) is 4.31 Å². The summed E-state index contributed by atoms with van der Waals surface area (Å²) in [6.07, 6.45) is 0. The standard InChI is InChI=1S/C13H21ClN2O3S/c1-9(2)16(5-6-19-4)20(17,18)13-8-12(15)10(3)7-11(13)14/h7-9H,5-6,15H2,1-4H3. The van der Waals surface area contributed by atoms with Crippen molar-refractivity contribution in [3.8, 4) is 0 Å². The molecule has 5 nitrogen and oxygen atoms in total. The number of sulfonamides is 1. The van der Waals surface area contributed by atoms with Crippen molar-refractivity contribution in [1.29, 1.82) is 0 Å². The van der Waals surface area contributed by atoms with Crippen LogP contribution in [-0.2, 0) is 14.8 Å². The molecule has 1 rings (SSSR count). The van der Waals surface area contributed by atoms with Gasteiger partial charge in [-0.1, -0.05) is 11.6 Å². The van der Waals surface area contributed by atoms with Gasteiger partial charge >= 0.3 is 0 Å². The number of halogens is 1. The van der Waals surface area contributed by atoms with Gasteiger partial charge in [0.25, 0.3) is 0 Å². The minimum absolute atomic E-state index is 0.0343. The van der Waals surface area contributed by atoms with Crippen LogP contribution in [0.3, 0.4) is 0 Å². The summed E-state index contributed by atoms with van der Waals surface area (Å²) < 4.78 is 31.7. The Kier molecular flexibility index (Phi) is 5.82. The van der Waals surface area contributed by atoms with Gasteiger partial charge in [-0.15, -0.1) is 0 Å². The molecule has 0 unspecified atom stereocenters. The van der Waals surface area contributed by atoms with Gasteiger partial charge in [0.1, 0.15) is 4.90 Å². The van der Waals surface area contributed by atoms with E-state index in [1.807, 2.05) is 0 Å². The summed E-state index contributed by atoms with van der Waals surface area (Å²) in [5.74, 6) is 0. The highest BCUT2D eigenvalue weighted by Crippen LogP contribution is 2.29. The molecule has 7 heteroatoms. The molecule has 2 N–H and O–H groups in total. The number of nitrogens with two attached hydrogens (primary N) is 1. The molecule has 0 aliphatic carbocycles. The number of methoxy groups -OCH3 is 1. The van der Waals surface area contributed by atoms with E-state index >= 15 is 0 Å². The number of anilines is 1. The molecule has 0 aliphatic rings. The second kappa shape index (κ2) is 6.76. The number of rotatable bonds is 6. The van der Waals surface area contributed by atoms with Crippen LogP contribution in [0.5, 0.6) is 0 Å². The topological polar surface area (TPSA) is 72.6 Å². The van der Waals surface area contributed by atoms with Crippen LogP contribution in [0.15, 0.2) is 17.0 Å². The van der Waals surface area contributed by atoms with E-state index in [2.05, 4.69) is 0 Å². The van der Waals surface area contributed by atoms with Gasteiger partial charge in [-0.05, 0) is 38.5 Å². The van der Waals surface area contributed by atoms with E-state index in [0.29, 0.717) is 12.3 Å². The number of nitrogens with zero attached hydrogens (tertiary/aromatic N) is 1. The molecule has 20 heavy (non-hydrogen) atoms. The Hall–Kier alpha value is -0.820. The van der Waals surface area contributed by atoms with Gasteiger partial charge < -0.3 is 10.5 Å². The minimum Gasteiger partial charge on any atom is -0.398 e. The van der Waals surface area contributed by atoms with Crippen molar-refractivity contribution in [2.75, 3.05) is 26.0 Å². The molecule has 0 radical (unpaired) electrons. The Morgan fingerprint density at radius 3 is 2.50 bits per heavy atom. The first-order chi connectivity index (χ1) is 9.21. The number of ether oxygens (including phenoxy) is 1. The van der Waals surface area contributed by atoms with Crippen LogP contribution in [-0.4, -0.2) is 39.0 Å². The summed E-state index contributed by atoms with van der Waals surface area (Å²) in [7, 11) is -2.17. The number of benzene rings is 1. The van der Waals surface area contributed by atoms with E-state index in [-0.39, 0.29) is 22.5 Å². The minimum atomic E-state index is -3.70. The fraction of sp³-hybridized carbons (Fsp3) is 0.538. The van der Waals surface area contributed by atoms with Crippen molar-refractivity contribution in [3.05, 3.63) is 22.7 Å². The highest BCUT2D eigenvalue weighted by atomic mass is 35.5. The van der Waals surface area contributed by atoms with Crippen LogP contribution in [0.25, 0.3) is 0 Å². The van der Waals surface area contributed by atoms with Gasteiger partial charge in [-0.3, -0.25) is 0 Å². The first-order valence-corrected chi connectivity index (χ1v) is 8.10. The van der Waals surface area contributed by atoms with Gasteiger partial charge in [0.15, 0.2) is 0 Å². The third kappa shape index (κ3) is 3.63. The third-order valence-corrected chi connectivity index (χ3v) is 5.54. The molecule has 1 aromatic rings. The Morgan fingerprint density at radius 1 is 1.40 bits per heavy atom. The van der Waals surface area contributed by atoms with E-state index in [0.717, 1.165) is 5.56 Å². The molecule has 0 amide bonds. The van der Waals surface area contributed by atoms with Crippen LogP contribution < -0.4 is 5.73 Å².